The lowest BCUT2D eigenvalue weighted by atomic mass is 10.0. The molecule has 0 aliphatic carbocycles. The standard InChI is InChI=1S/C30H29ClN2O4/c1-4-6-24-15-23(17-27(36-5-2)28(24)37-19-22-11-13-25(31)14-12-22)16-26-29(34)33(30(35)32-26)18-21-9-7-20(3)8-10-21/h4,7-17H,1,5-6,18-19H2,2-3H3,(H,32,35)/b26-16+. The first kappa shape index (κ1) is 26.0. The number of hydrogen-bond donors (Lipinski definition) is 1. The Morgan fingerprint density at radius 3 is 2.38 bits per heavy atom. The maximum absolute atomic E-state index is 13.1. The number of aryl methyl sites for hydroxylation is 1. The number of amides is 3. The molecule has 7 heteroatoms. The van der Waals surface area contributed by atoms with Crippen LogP contribution in [0.4, 0.5) is 4.79 Å². The van der Waals surface area contributed by atoms with E-state index in [1.54, 1.807) is 12.2 Å². The van der Waals surface area contributed by atoms with Crippen molar-refractivity contribution in [3.63, 3.8) is 0 Å². The number of carbonyl (C=O) groups excluding carboxylic acids is 2. The Bertz CT molecular complexity index is 1330. The van der Waals surface area contributed by atoms with Crippen LogP contribution in [0.2, 0.25) is 5.02 Å². The summed E-state index contributed by atoms with van der Waals surface area (Å²) in [4.78, 5) is 26.8. The number of urea groups is 1. The fourth-order valence-corrected chi connectivity index (χ4v) is 4.12. The molecule has 1 heterocycles. The Morgan fingerprint density at radius 1 is 1.00 bits per heavy atom. The Kier molecular flexibility index (Phi) is 8.31. The smallest absolute Gasteiger partial charge is 0.329 e. The molecule has 0 aromatic heterocycles. The van der Waals surface area contributed by atoms with Crippen molar-refractivity contribution in [2.75, 3.05) is 6.61 Å². The van der Waals surface area contributed by atoms with Crippen molar-refractivity contribution in [2.45, 2.75) is 33.4 Å². The molecule has 1 fully saturated rings. The van der Waals surface area contributed by atoms with Crippen molar-refractivity contribution in [2.24, 2.45) is 0 Å². The zero-order chi connectivity index (χ0) is 26.4. The Balaban J connectivity index is 1.60. The second kappa shape index (κ2) is 11.8. The monoisotopic (exact) mass is 516 g/mol. The fourth-order valence-electron chi connectivity index (χ4n) is 3.99. The molecule has 0 unspecified atom stereocenters. The summed E-state index contributed by atoms with van der Waals surface area (Å²) in [6.45, 7) is 8.72. The number of allylic oxidation sites excluding steroid dienone is 1. The van der Waals surface area contributed by atoms with Crippen LogP contribution >= 0.6 is 11.6 Å². The molecule has 0 bridgehead atoms. The molecule has 37 heavy (non-hydrogen) atoms. The topological polar surface area (TPSA) is 67.9 Å². The number of nitrogens with zero attached hydrogens (tertiary/aromatic N) is 1. The van der Waals surface area contributed by atoms with Crippen molar-refractivity contribution in [3.8, 4) is 11.5 Å². The van der Waals surface area contributed by atoms with Gasteiger partial charge < -0.3 is 14.8 Å². The van der Waals surface area contributed by atoms with Crippen LogP contribution in [0.25, 0.3) is 6.08 Å². The van der Waals surface area contributed by atoms with Gasteiger partial charge in [0, 0.05) is 10.6 Å². The summed E-state index contributed by atoms with van der Waals surface area (Å²) in [6, 6.07) is 18.5. The van der Waals surface area contributed by atoms with Crippen LogP contribution in [0.1, 0.15) is 34.7 Å². The van der Waals surface area contributed by atoms with Crippen molar-refractivity contribution < 1.29 is 19.1 Å². The highest BCUT2D eigenvalue weighted by atomic mass is 35.5. The summed E-state index contributed by atoms with van der Waals surface area (Å²) in [6.07, 6.45) is 3.98. The number of carbonyl (C=O) groups is 2. The largest absolute Gasteiger partial charge is 0.490 e. The van der Waals surface area contributed by atoms with E-state index in [9.17, 15) is 9.59 Å². The van der Waals surface area contributed by atoms with Gasteiger partial charge in [0.05, 0.1) is 13.2 Å². The average Bonchev–Trinajstić information content (AvgIpc) is 3.13. The van der Waals surface area contributed by atoms with Gasteiger partial charge in [0.2, 0.25) is 0 Å². The molecule has 1 aliphatic heterocycles. The van der Waals surface area contributed by atoms with Gasteiger partial charge in [-0.1, -0.05) is 59.6 Å². The number of nitrogens with one attached hydrogen (secondary N) is 1. The van der Waals surface area contributed by atoms with Crippen LogP contribution in [0, 0.1) is 6.92 Å². The first-order valence-corrected chi connectivity index (χ1v) is 12.4. The second-order valence-corrected chi connectivity index (χ2v) is 9.15. The quantitative estimate of drug-likeness (QED) is 0.191. The van der Waals surface area contributed by atoms with E-state index in [4.69, 9.17) is 21.1 Å². The third-order valence-corrected chi connectivity index (χ3v) is 6.10. The van der Waals surface area contributed by atoms with Gasteiger partial charge >= 0.3 is 6.03 Å². The van der Waals surface area contributed by atoms with E-state index in [-0.39, 0.29) is 18.1 Å². The molecule has 3 aromatic rings. The Labute approximate surface area is 222 Å². The Morgan fingerprint density at radius 2 is 1.70 bits per heavy atom. The predicted molar refractivity (Wildman–Crippen MR) is 146 cm³/mol. The second-order valence-electron chi connectivity index (χ2n) is 8.71. The number of ether oxygens (including phenoxy) is 2. The first-order valence-electron chi connectivity index (χ1n) is 12.1. The molecule has 0 spiro atoms. The summed E-state index contributed by atoms with van der Waals surface area (Å²) in [7, 11) is 0. The van der Waals surface area contributed by atoms with E-state index in [1.165, 1.54) is 4.90 Å². The number of benzene rings is 3. The maximum atomic E-state index is 13.1. The third kappa shape index (κ3) is 6.40. The van der Waals surface area contributed by atoms with Crippen molar-refractivity contribution in [1.29, 1.82) is 0 Å². The summed E-state index contributed by atoms with van der Waals surface area (Å²) < 4.78 is 12.1. The highest BCUT2D eigenvalue weighted by molar-refractivity contribution is 6.30. The molecule has 3 amide bonds. The molecule has 1 saturated heterocycles. The lowest BCUT2D eigenvalue weighted by Gasteiger charge is -2.17. The van der Waals surface area contributed by atoms with E-state index in [0.29, 0.717) is 41.7 Å². The van der Waals surface area contributed by atoms with E-state index in [0.717, 1.165) is 22.3 Å². The van der Waals surface area contributed by atoms with Gasteiger partial charge in [-0.15, -0.1) is 6.58 Å². The first-order chi connectivity index (χ1) is 17.9. The molecule has 190 valence electrons. The molecule has 0 atom stereocenters. The van der Waals surface area contributed by atoms with Crippen LogP contribution in [0.15, 0.2) is 79.0 Å². The van der Waals surface area contributed by atoms with Crippen LogP contribution < -0.4 is 14.8 Å². The number of imide groups is 1. The van der Waals surface area contributed by atoms with Gasteiger partial charge in [0.1, 0.15) is 12.3 Å². The van der Waals surface area contributed by atoms with E-state index >= 15 is 0 Å². The number of hydrogen-bond acceptors (Lipinski definition) is 4. The third-order valence-electron chi connectivity index (χ3n) is 5.85. The van der Waals surface area contributed by atoms with Gasteiger partial charge in [-0.05, 0) is 67.3 Å². The van der Waals surface area contributed by atoms with Crippen molar-refractivity contribution >= 4 is 29.6 Å². The lowest BCUT2D eigenvalue weighted by molar-refractivity contribution is -0.123. The lowest BCUT2D eigenvalue weighted by Crippen LogP contribution is -2.30. The summed E-state index contributed by atoms with van der Waals surface area (Å²) >= 11 is 5.99. The highest BCUT2D eigenvalue weighted by Gasteiger charge is 2.33. The molecule has 0 radical (unpaired) electrons. The zero-order valence-electron chi connectivity index (χ0n) is 20.9. The van der Waals surface area contributed by atoms with Crippen LogP contribution in [-0.4, -0.2) is 23.4 Å². The minimum atomic E-state index is -0.448. The highest BCUT2D eigenvalue weighted by Crippen LogP contribution is 2.35. The van der Waals surface area contributed by atoms with Gasteiger partial charge in [-0.25, -0.2) is 4.79 Å². The number of rotatable bonds is 10. The van der Waals surface area contributed by atoms with Crippen molar-refractivity contribution in [1.82, 2.24) is 10.2 Å². The molecular formula is C30H29ClN2O4. The molecule has 0 saturated carbocycles. The average molecular weight is 517 g/mol. The summed E-state index contributed by atoms with van der Waals surface area (Å²) in [5, 5.41) is 3.36. The normalized spacial score (nSPS) is 14.1. The van der Waals surface area contributed by atoms with Crippen LogP contribution in [0.3, 0.4) is 0 Å². The zero-order valence-corrected chi connectivity index (χ0v) is 21.7. The van der Waals surface area contributed by atoms with Gasteiger partial charge in [0.15, 0.2) is 11.5 Å². The molecule has 1 aliphatic rings. The van der Waals surface area contributed by atoms with Crippen LogP contribution in [-0.2, 0) is 24.4 Å². The minimum absolute atomic E-state index is 0.200. The van der Waals surface area contributed by atoms with E-state index < -0.39 is 6.03 Å². The molecule has 1 N–H and O–H groups in total. The van der Waals surface area contributed by atoms with Gasteiger partial charge in [0.25, 0.3) is 5.91 Å². The fraction of sp³-hybridized carbons (Fsp3) is 0.200. The summed E-state index contributed by atoms with van der Waals surface area (Å²) in [5.41, 5.74) is 4.73. The minimum Gasteiger partial charge on any atom is -0.490 e. The Hall–Kier alpha value is -4.03. The van der Waals surface area contributed by atoms with Crippen molar-refractivity contribution in [3.05, 3.63) is 112 Å². The van der Waals surface area contributed by atoms with Gasteiger partial charge in [-0.2, -0.15) is 0 Å². The summed E-state index contributed by atoms with van der Waals surface area (Å²) in [5.74, 6) is 0.787. The van der Waals surface area contributed by atoms with Crippen LogP contribution in [0.5, 0.6) is 11.5 Å². The predicted octanol–water partition coefficient (Wildman–Crippen LogP) is 6.45. The molecule has 4 rings (SSSR count). The molecule has 6 nitrogen and oxygen atoms in total. The molecule has 3 aromatic carbocycles. The SMILES string of the molecule is C=CCc1cc(/C=C2/NC(=O)N(Cc3ccc(C)cc3)C2=O)cc(OCC)c1OCc1ccc(Cl)cc1. The van der Waals surface area contributed by atoms with Gasteiger partial charge in [-0.3, -0.25) is 9.69 Å². The maximum Gasteiger partial charge on any atom is 0.329 e. The van der Waals surface area contributed by atoms with E-state index in [1.807, 2.05) is 74.5 Å². The number of halogens is 1. The molecular weight excluding hydrogens is 488 g/mol. The van der Waals surface area contributed by atoms with E-state index in [2.05, 4.69) is 11.9 Å².